The van der Waals surface area contributed by atoms with Crippen LogP contribution in [0.1, 0.15) is 50.9 Å². The first-order valence-electron chi connectivity index (χ1n) is 8.72. The number of amides is 1. The number of carbonyl (C=O) groups excluding carboxylic acids is 1. The molecule has 0 spiro atoms. The number of hydrogen-bond acceptors (Lipinski definition) is 5. The zero-order valence-corrected chi connectivity index (χ0v) is 17.1. The van der Waals surface area contributed by atoms with Gasteiger partial charge in [-0.25, -0.2) is 8.42 Å². The lowest BCUT2D eigenvalue weighted by Gasteiger charge is -2.46. The van der Waals surface area contributed by atoms with Crippen LogP contribution < -0.4 is 10.6 Å². The van der Waals surface area contributed by atoms with Gasteiger partial charge >= 0.3 is 0 Å². The van der Waals surface area contributed by atoms with Crippen LogP contribution in [0.3, 0.4) is 0 Å². The van der Waals surface area contributed by atoms with Crippen molar-refractivity contribution in [3.8, 4) is 0 Å². The number of rotatable bonds is 6. The fraction of sp³-hybridized carbons (Fsp3) is 0.647. The van der Waals surface area contributed by atoms with Gasteiger partial charge in [0, 0.05) is 31.4 Å². The summed E-state index contributed by atoms with van der Waals surface area (Å²) in [5.74, 6) is -0.268. The highest BCUT2D eigenvalue weighted by atomic mass is 35.5. The molecule has 2 heterocycles. The molecular formula is C17H27ClN4O3S. The Labute approximate surface area is 160 Å². The zero-order chi connectivity index (χ0) is 19.5. The molecule has 0 aliphatic carbocycles. The average Bonchev–Trinajstić information content (AvgIpc) is 2.54. The summed E-state index contributed by atoms with van der Waals surface area (Å²) in [6, 6.07) is 3.46. The van der Waals surface area contributed by atoms with E-state index in [-0.39, 0.29) is 24.9 Å². The van der Waals surface area contributed by atoms with Gasteiger partial charge in [-0.1, -0.05) is 0 Å². The van der Waals surface area contributed by atoms with Gasteiger partial charge in [0.15, 0.2) is 0 Å². The molecule has 1 aromatic rings. The van der Waals surface area contributed by atoms with E-state index in [1.54, 1.807) is 32.2 Å². The normalized spacial score (nSPS) is 24.8. The van der Waals surface area contributed by atoms with Crippen molar-refractivity contribution in [1.82, 2.24) is 19.9 Å². The van der Waals surface area contributed by atoms with E-state index in [4.69, 9.17) is 11.6 Å². The van der Waals surface area contributed by atoms with E-state index in [1.807, 2.05) is 13.8 Å². The maximum absolute atomic E-state index is 12.6. The van der Waals surface area contributed by atoms with Crippen molar-refractivity contribution in [2.45, 2.75) is 63.0 Å². The molecular weight excluding hydrogens is 376 g/mol. The van der Waals surface area contributed by atoms with Crippen molar-refractivity contribution in [1.29, 1.82) is 0 Å². The topological polar surface area (TPSA) is 91.4 Å². The fourth-order valence-corrected chi connectivity index (χ4v) is 5.08. The Kier molecular flexibility index (Phi) is 6.65. The number of carbonyl (C=O) groups is 1. The lowest BCUT2D eigenvalue weighted by molar-refractivity contribution is 0.0768. The number of halogens is 1. The van der Waals surface area contributed by atoms with Crippen LogP contribution in [-0.4, -0.2) is 52.6 Å². The maximum Gasteiger partial charge on any atom is 0.254 e. The fourth-order valence-electron chi connectivity index (χ4n) is 3.11. The standard InChI is InChI=1S/C17H27ClN4O3S/c1-12(2)20-17(21-16(23)14-6-5-8-19-11-14)7-9-22(15(18)10-17)26(24,25)13(3)4/h5-6,8,11-13,15,20H,7,9-10H2,1-4H3,(H,21,23). The summed E-state index contributed by atoms with van der Waals surface area (Å²) in [6.45, 7) is 7.45. The van der Waals surface area contributed by atoms with Crippen molar-refractivity contribution in [2.75, 3.05) is 6.54 Å². The Morgan fingerprint density at radius 3 is 2.58 bits per heavy atom. The van der Waals surface area contributed by atoms with Gasteiger partial charge in [-0.3, -0.25) is 15.1 Å². The van der Waals surface area contributed by atoms with E-state index in [9.17, 15) is 13.2 Å². The number of aromatic nitrogens is 1. The predicted molar refractivity (Wildman–Crippen MR) is 102 cm³/mol. The van der Waals surface area contributed by atoms with Gasteiger partial charge < -0.3 is 5.32 Å². The Morgan fingerprint density at radius 2 is 2.08 bits per heavy atom. The Balaban J connectivity index is 2.22. The average molecular weight is 403 g/mol. The molecule has 2 N–H and O–H groups in total. The molecule has 9 heteroatoms. The molecule has 26 heavy (non-hydrogen) atoms. The molecule has 0 radical (unpaired) electrons. The minimum atomic E-state index is -3.46. The summed E-state index contributed by atoms with van der Waals surface area (Å²) in [5.41, 5.74) is -1.08. The second-order valence-electron chi connectivity index (χ2n) is 7.17. The molecule has 7 nitrogen and oxygen atoms in total. The number of pyridine rings is 1. The summed E-state index contributed by atoms with van der Waals surface area (Å²) in [4.78, 5) is 16.6. The van der Waals surface area contributed by atoms with E-state index in [1.165, 1.54) is 10.5 Å². The van der Waals surface area contributed by atoms with Gasteiger partial charge in [0.2, 0.25) is 10.0 Å². The summed E-state index contributed by atoms with van der Waals surface area (Å²) in [7, 11) is -3.46. The van der Waals surface area contributed by atoms with Crippen LogP contribution in [0.4, 0.5) is 0 Å². The molecule has 2 atom stereocenters. The number of hydrogen-bond donors (Lipinski definition) is 2. The van der Waals surface area contributed by atoms with E-state index in [2.05, 4.69) is 15.6 Å². The van der Waals surface area contributed by atoms with Crippen LogP contribution in [0.15, 0.2) is 24.5 Å². The lowest BCUT2D eigenvalue weighted by atomic mass is 9.96. The quantitative estimate of drug-likeness (QED) is 0.431. The highest BCUT2D eigenvalue weighted by Gasteiger charge is 2.45. The summed E-state index contributed by atoms with van der Waals surface area (Å²) in [5, 5.41) is 5.84. The minimum Gasteiger partial charge on any atom is -0.334 e. The van der Waals surface area contributed by atoms with E-state index < -0.39 is 26.4 Å². The number of nitrogens with zero attached hydrogens (tertiary/aromatic N) is 2. The first-order chi connectivity index (χ1) is 12.1. The highest BCUT2D eigenvalue weighted by Crippen LogP contribution is 2.31. The number of sulfonamides is 1. The van der Waals surface area contributed by atoms with Crippen molar-refractivity contribution in [3.63, 3.8) is 0 Å². The Hall–Kier alpha value is -1.22. The summed E-state index contributed by atoms with van der Waals surface area (Å²) >= 11 is 6.45. The van der Waals surface area contributed by atoms with Crippen LogP contribution in [0.25, 0.3) is 0 Å². The third-order valence-corrected chi connectivity index (χ3v) is 7.14. The van der Waals surface area contributed by atoms with E-state index in [0.717, 1.165) is 0 Å². The van der Waals surface area contributed by atoms with Gasteiger partial charge in [0.25, 0.3) is 5.91 Å². The van der Waals surface area contributed by atoms with Crippen LogP contribution >= 0.6 is 11.6 Å². The molecule has 1 saturated heterocycles. The zero-order valence-electron chi connectivity index (χ0n) is 15.6. The molecule has 2 rings (SSSR count). The molecule has 1 fully saturated rings. The molecule has 1 amide bonds. The SMILES string of the molecule is CC(C)NC1(NC(=O)c2cccnc2)CCN(S(=O)(=O)C(C)C)C(Cl)C1. The van der Waals surface area contributed by atoms with E-state index >= 15 is 0 Å². The smallest absolute Gasteiger partial charge is 0.254 e. The molecule has 2 unspecified atom stereocenters. The summed E-state index contributed by atoms with van der Waals surface area (Å²) < 4.78 is 26.3. The van der Waals surface area contributed by atoms with Crippen molar-refractivity contribution in [2.24, 2.45) is 0 Å². The molecule has 0 saturated carbocycles. The van der Waals surface area contributed by atoms with Gasteiger partial charge in [-0.2, -0.15) is 4.31 Å². The van der Waals surface area contributed by atoms with E-state index in [0.29, 0.717) is 12.0 Å². The van der Waals surface area contributed by atoms with Crippen LogP contribution in [0.2, 0.25) is 0 Å². The summed E-state index contributed by atoms with van der Waals surface area (Å²) in [6.07, 6.45) is 3.79. The second kappa shape index (κ2) is 8.21. The monoisotopic (exact) mass is 402 g/mol. The maximum atomic E-state index is 12.6. The van der Waals surface area contributed by atoms with Gasteiger partial charge in [0.05, 0.1) is 16.5 Å². The number of piperidine rings is 1. The Bertz CT molecular complexity index is 727. The molecule has 0 bridgehead atoms. The number of alkyl halides is 1. The first kappa shape index (κ1) is 21.1. The largest absolute Gasteiger partial charge is 0.334 e. The van der Waals surface area contributed by atoms with Crippen LogP contribution in [-0.2, 0) is 10.0 Å². The first-order valence-corrected chi connectivity index (χ1v) is 10.7. The van der Waals surface area contributed by atoms with Crippen molar-refractivity contribution < 1.29 is 13.2 Å². The van der Waals surface area contributed by atoms with Gasteiger partial charge in [0.1, 0.15) is 5.50 Å². The van der Waals surface area contributed by atoms with Crippen LogP contribution in [0, 0.1) is 0 Å². The highest BCUT2D eigenvalue weighted by molar-refractivity contribution is 7.89. The third-order valence-electron chi connectivity index (χ3n) is 4.35. The molecule has 0 aromatic carbocycles. The minimum absolute atomic E-state index is 0.0846. The molecule has 1 aliphatic heterocycles. The molecule has 1 aliphatic rings. The van der Waals surface area contributed by atoms with Crippen molar-refractivity contribution in [3.05, 3.63) is 30.1 Å². The lowest BCUT2D eigenvalue weighted by Crippen LogP contribution is -2.67. The molecule has 146 valence electrons. The third kappa shape index (κ3) is 4.73. The number of nitrogens with one attached hydrogen (secondary N) is 2. The van der Waals surface area contributed by atoms with Gasteiger partial charge in [-0.05, 0) is 46.2 Å². The molecule has 1 aromatic heterocycles. The van der Waals surface area contributed by atoms with Crippen molar-refractivity contribution >= 4 is 27.5 Å². The second-order valence-corrected chi connectivity index (χ2v) is 10.1. The Morgan fingerprint density at radius 1 is 1.38 bits per heavy atom. The van der Waals surface area contributed by atoms with Gasteiger partial charge in [-0.15, -0.1) is 11.6 Å². The van der Waals surface area contributed by atoms with Crippen LogP contribution in [0.5, 0.6) is 0 Å². The predicted octanol–water partition coefficient (Wildman–Crippen LogP) is 1.90.